The molecular formula is C11H18FN3O2. The molecule has 2 saturated heterocycles. The van der Waals surface area contributed by atoms with E-state index in [4.69, 9.17) is 0 Å². The summed E-state index contributed by atoms with van der Waals surface area (Å²) in [5.74, 6) is -0.737. The zero-order chi connectivity index (χ0) is 12.5. The Hall–Kier alpha value is -1.17. The topological polar surface area (TPSA) is 61.4 Å². The van der Waals surface area contributed by atoms with Crippen LogP contribution in [0, 0.1) is 0 Å². The van der Waals surface area contributed by atoms with E-state index in [-0.39, 0.29) is 18.9 Å². The van der Waals surface area contributed by atoms with Crippen LogP contribution in [0.3, 0.4) is 0 Å². The lowest BCUT2D eigenvalue weighted by Crippen LogP contribution is -2.53. The molecule has 2 heterocycles. The molecule has 2 rings (SSSR count). The van der Waals surface area contributed by atoms with Gasteiger partial charge in [0.15, 0.2) is 0 Å². The van der Waals surface area contributed by atoms with Crippen molar-refractivity contribution in [2.24, 2.45) is 0 Å². The van der Waals surface area contributed by atoms with Gasteiger partial charge in [0.05, 0.1) is 0 Å². The van der Waals surface area contributed by atoms with Crippen LogP contribution in [0.15, 0.2) is 0 Å². The van der Waals surface area contributed by atoms with E-state index in [2.05, 4.69) is 10.6 Å². The summed E-state index contributed by atoms with van der Waals surface area (Å²) in [5.41, 5.74) is -1.82. The minimum absolute atomic E-state index is 0.0583. The van der Waals surface area contributed by atoms with Gasteiger partial charge in [-0.2, -0.15) is 0 Å². The van der Waals surface area contributed by atoms with E-state index < -0.39 is 17.6 Å². The van der Waals surface area contributed by atoms with Crippen molar-refractivity contribution >= 4 is 11.8 Å². The Bertz CT molecular complexity index is 329. The number of rotatable bonds is 2. The number of nitrogens with zero attached hydrogens (tertiary/aromatic N) is 1. The lowest BCUT2D eigenvalue weighted by molar-refractivity contribution is -0.147. The molecule has 0 aromatic heterocycles. The predicted octanol–water partition coefficient (Wildman–Crippen LogP) is -0.575. The molecule has 0 aromatic carbocycles. The van der Waals surface area contributed by atoms with E-state index >= 15 is 0 Å². The van der Waals surface area contributed by atoms with Gasteiger partial charge in [-0.05, 0) is 19.4 Å². The van der Waals surface area contributed by atoms with Crippen LogP contribution in [0.2, 0.25) is 0 Å². The number of nitrogens with one attached hydrogen (secondary N) is 2. The number of hydrogen-bond donors (Lipinski definition) is 2. The third-order valence-electron chi connectivity index (χ3n) is 3.55. The first-order chi connectivity index (χ1) is 8.08. The Kier molecular flexibility index (Phi) is 3.33. The van der Waals surface area contributed by atoms with E-state index in [1.54, 1.807) is 0 Å². The molecule has 96 valence electrons. The number of likely N-dealkylation sites (tertiary alicyclic amines) is 1. The lowest BCUT2D eigenvalue weighted by atomic mass is 10.0. The van der Waals surface area contributed by atoms with Gasteiger partial charge < -0.3 is 15.5 Å². The molecule has 0 aliphatic carbocycles. The summed E-state index contributed by atoms with van der Waals surface area (Å²) in [6, 6.07) is -0.499. The zero-order valence-corrected chi connectivity index (χ0v) is 9.96. The normalized spacial score (nSPS) is 32.8. The number of hydrogen-bond acceptors (Lipinski definition) is 3. The Balaban J connectivity index is 2.10. The summed E-state index contributed by atoms with van der Waals surface area (Å²) >= 11 is 0. The van der Waals surface area contributed by atoms with Gasteiger partial charge in [-0.3, -0.25) is 9.59 Å². The smallest absolute Gasteiger partial charge is 0.262 e. The Morgan fingerprint density at radius 1 is 1.53 bits per heavy atom. The quantitative estimate of drug-likeness (QED) is 0.682. The van der Waals surface area contributed by atoms with Gasteiger partial charge in [0.1, 0.15) is 6.04 Å². The fraction of sp³-hybridized carbons (Fsp3) is 0.818. The molecule has 6 heteroatoms. The molecule has 0 spiro atoms. The maximum Gasteiger partial charge on any atom is 0.262 e. The number of halogens is 1. The summed E-state index contributed by atoms with van der Waals surface area (Å²) in [6.07, 6.45) is 1.57. The average molecular weight is 243 g/mol. The molecule has 0 saturated carbocycles. The Morgan fingerprint density at radius 3 is 2.88 bits per heavy atom. The highest BCUT2D eigenvalue weighted by Gasteiger charge is 2.47. The van der Waals surface area contributed by atoms with Gasteiger partial charge in [-0.25, -0.2) is 4.39 Å². The van der Waals surface area contributed by atoms with Crippen LogP contribution in [-0.2, 0) is 9.59 Å². The maximum atomic E-state index is 14.3. The summed E-state index contributed by atoms with van der Waals surface area (Å²) in [6.45, 7) is 1.05. The van der Waals surface area contributed by atoms with Crippen molar-refractivity contribution in [2.75, 3.05) is 26.7 Å². The highest BCUT2D eigenvalue weighted by atomic mass is 19.1. The molecule has 0 unspecified atom stereocenters. The maximum absolute atomic E-state index is 14.3. The molecule has 2 fully saturated rings. The van der Waals surface area contributed by atoms with E-state index in [0.29, 0.717) is 19.5 Å². The molecule has 2 amide bonds. The monoisotopic (exact) mass is 243 g/mol. The number of amides is 2. The van der Waals surface area contributed by atoms with E-state index in [1.165, 1.54) is 11.9 Å². The number of likely N-dealkylation sites (N-methyl/N-ethyl adjacent to an activating group) is 1. The molecule has 0 radical (unpaired) electrons. The first-order valence-corrected chi connectivity index (χ1v) is 6.01. The van der Waals surface area contributed by atoms with Gasteiger partial charge in [-0.1, -0.05) is 0 Å². The van der Waals surface area contributed by atoms with Crippen molar-refractivity contribution in [2.45, 2.75) is 31.0 Å². The van der Waals surface area contributed by atoms with Gasteiger partial charge >= 0.3 is 0 Å². The molecule has 17 heavy (non-hydrogen) atoms. The van der Waals surface area contributed by atoms with Gasteiger partial charge in [0.25, 0.3) is 5.91 Å². The van der Waals surface area contributed by atoms with Gasteiger partial charge in [0, 0.05) is 26.6 Å². The average Bonchev–Trinajstić information content (AvgIpc) is 2.96. The molecule has 0 aromatic rings. The van der Waals surface area contributed by atoms with Crippen molar-refractivity contribution in [3.8, 4) is 0 Å². The fourth-order valence-corrected chi connectivity index (χ4v) is 2.55. The lowest BCUT2D eigenvalue weighted by Gasteiger charge is -2.29. The second-order valence-electron chi connectivity index (χ2n) is 4.66. The molecule has 0 bridgehead atoms. The molecule has 2 aliphatic heterocycles. The van der Waals surface area contributed by atoms with Crippen molar-refractivity contribution in [1.82, 2.24) is 15.5 Å². The summed E-state index contributed by atoms with van der Waals surface area (Å²) in [7, 11) is 1.53. The summed E-state index contributed by atoms with van der Waals surface area (Å²) in [5, 5.41) is 5.38. The van der Waals surface area contributed by atoms with Crippen molar-refractivity contribution in [3.63, 3.8) is 0 Å². The largest absolute Gasteiger partial charge is 0.357 e. The fourth-order valence-electron chi connectivity index (χ4n) is 2.55. The molecular weight excluding hydrogens is 225 g/mol. The first kappa shape index (κ1) is 12.3. The molecule has 2 atom stereocenters. The molecule has 5 nitrogen and oxygen atoms in total. The Labute approximate surface area is 99.7 Å². The highest BCUT2D eigenvalue weighted by Crippen LogP contribution is 2.27. The van der Waals surface area contributed by atoms with Crippen LogP contribution in [0.25, 0.3) is 0 Å². The van der Waals surface area contributed by atoms with Gasteiger partial charge in [0.2, 0.25) is 11.6 Å². The third kappa shape index (κ3) is 2.13. The standard InChI is InChI=1S/C11H18FN3O2/c1-13-9(16)8-3-2-6-15(8)10(17)11(12)4-5-14-7-11/h8,14H,2-7H2,1H3,(H,13,16)/t8-,11-/m0/s1. The summed E-state index contributed by atoms with van der Waals surface area (Å²) < 4.78 is 14.3. The van der Waals surface area contributed by atoms with Crippen LogP contribution < -0.4 is 10.6 Å². The van der Waals surface area contributed by atoms with Gasteiger partial charge in [-0.15, -0.1) is 0 Å². The third-order valence-corrected chi connectivity index (χ3v) is 3.55. The van der Waals surface area contributed by atoms with Crippen LogP contribution in [0.4, 0.5) is 4.39 Å². The van der Waals surface area contributed by atoms with Crippen LogP contribution >= 0.6 is 0 Å². The number of carbonyl (C=O) groups is 2. The van der Waals surface area contributed by atoms with Crippen LogP contribution in [-0.4, -0.2) is 55.1 Å². The summed E-state index contributed by atoms with van der Waals surface area (Å²) in [4.78, 5) is 25.1. The SMILES string of the molecule is CNC(=O)[C@@H]1CCCN1C(=O)[C@]1(F)CCNC1. The Morgan fingerprint density at radius 2 is 2.29 bits per heavy atom. The van der Waals surface area contributed by atoms with E-state index in [1.807, 2.05) is 0 Å². The number of alkyl halides is 1. The minimum Gasteiger partial charge on any atom is -0.357 e. The minimum atomic E-state index is -1.82. The van der Waals surface area contributed by atoms with Crippen molar-refractivity contribution in [1.29, 1.82) is 0 Å². The number of carbonyl (C=O) groups excluding carboxylic acids is 2. The van der Waals surface area contributed by atoms with Crippen LogP contribution in [0.1, 0.15) is 19.3 Å². The van der Waals surface area contributed by atoms with E-state index in [9.17, 15) is 14.0 Å². The van der Waals surface area contributed by atoms with Crippen molar-refractivity contribution < 1.29 is 14.0 Å². The van der Waals surface area contributed by atoms with Crippen LogP contribution in [0.5, 0.6) is 0 Å². The highest BCUT2D eigenvalue weighted by molar-refractivity contribution is 5.92. The van der Waals surface area contributed by atoms with Crippen molar-refractivity contribution in [3.05, 3.63) is 0 Å². The predicted molar refractivity (Wildman–Crippen MR) is 60.1 cm³/mol. The zero-order valence-electron chi connectivity index (χ0n) is 9.96. The van der Waals surface area contributed by atoms with E-state index in [0.717, 1.165) is 6.42 Å². The molecule has 2 aliphatic rings. The second kappa shape index (κ2) is 4.60. The molecule has 2 N–H and O–H groups in total. The first-order valence-electron chi connectivity index (χ1n) is 6.01. The second-order valence-corrected chi connectivity index (χ2v) is 4.66.